The predicted molar refractivity (Wildman–Crippen MR) is 65.2 cm³/mol. The van der Waals surface area contributed by atoms with Gasteiger partial charge in [0.25, 0.3) is 0 Å². The van der Waals surface area contributed by atoms with Gasteiger partial charge in [0.1, 0.15) is 12.4 Å². The van der Waals surface area contributed by atoms with E-state index in [1.165, 1.54) is 25.5 Å². The van der Waals surface area contributed by atoms with Crippen LogP contribution in [0, 0.1) is 0 Å². The first kappa shape index (κ1) is 11.7. The van der Waals surface area contributed by atoms with Gasteiger partial charge >= 0.3 is 5.97 Å². The number of esters is 1. The number of ether oxygens (including phenoxy) is 2. The maximum atomic E-state index is 11.2. The lowest BCUT2D eigenvalue weighted by Gasteiger charge is -2.07. The van der Waals surface area contributed by atoms with Gasteiger partial charge in [-0.15, -0.1) is 0 Å². The Labute approximate surface area is 101 Å². The minimum atomic E-state index is -0.324. The average molecular weight is 232 g/mol. The van der Waals surface area contributed by atoms with E-state index < -0.39 is 0 Å². The molecular formula is C14H16O3. The van der Waals surface area contributed by atoms with Crippen LogP contribution in [0.25, 0.3) is 0 Å². The summed E-state index contributed by atoms with van der Waals surface area (Å²) >= 11 is 0. The zero-order chi connectivity index (χ0) is 12.1. The average Bonchev–Trinajstić information content (AvgIpc) is 2.89. The van der Waals surface area contributed by atoms with E-state index in [0.717, 1.165) is 12.2 Å². The number of carbonyl (C=O) groups excluding carboxylic acids is 1. The van der Waals surface area contributed by atoms with Gasteiger partial charge in [-0.1, -0.05) is 6.08 Å². The van der Waals surface area contributed by atoms with Crippen LogP contribution in [0.2, 0.25) is 0 Å². The molecule has 0 radical (unpaired) electrons. The molecule has 0 bridgehead atoms. The third-order valence-corrected chi connectivity index (χ3v) is 2.83. The van der Waals surface area contributed by atoms with Crippen LogP contribution < -0.4 is 4.74 Å². The van der Waals surface area contributed by atoms with E-state index in [4.69, 9.17) is 4.74 Å². The summed E-state index contributed by atoms with van der Waals surface area (Å²) < 4.78 is 10.3. The fraction of sp³-hybridized carbons (Fsp3) is 0.357. The zero-order valence-corrected chi connectivity index (χ0v) is 9.94. The van der Waals surface area contributed by atoms with Crippen LogP contribution in [-0.4, -0.2) is 19.7 Å². The van der Waals surface area contributed by atoms with Crippen molar-refractivity contribution in [2.24, 2.45) is 0 Å². The van der Waals surface area contributed by atoms with Crippen LogP contribution in [0.1, 0.15) is 29.6 Å². The first-order valence-corrected chi connectivity index (χ1v) is 5.78. The predicted octanol–water partition coefficient (Wildman–Crippen LogP) is 2.96. The molecule has 1 aliphatic rings. The van der Waals surface area contributed by atoms with Crippen molar-refractivity contribution < 1.29 is 14.3 Å². The van der Waals surface area contributed by atoms with E-state index in [0.29, 0.717) is 12.2 Å². The summed E-state index contributed by atoms with van der Waals surface area (Å²) in [6.07, 6.45) is 5.78. The van der Waals surface area contributed by atoms with Crippen LogP contribution in [0.3, 0.4) is 0 Å². The Hall–Kier alpha value is -1.77. The fourth-order valence-corrected chi connectivity index (χ4v) is 1.85. The number of methoxy groups -OCH3 is 1. The van der Waals surface area contributed by atoms with Crippen LogP contribution in [0.15, 0.2) is 35.9 Å². The highest BCUT2D eigenvalue weighted by molar-refractivity contribution is 5.89. The number of hydrogen-bond acceptors (Lipinski definition) is 3. The van der Waals surface area contributed by atoms with Crippen molar-refractivity contribution in [1.82, 2.24) is 0 Å². The first-order chi connectivity index (χ1) is 8.29. The molecule has 0 aliphatic heterocycles. The molecule has 0 unspecified atom stereocenters. The van der Waals surface area contributed by atoms with Crippen LogP contribution in [0.5, 0.6) is 5.75 Å². The van der Waals surface area contributed by atoms with E-state index >= 15 is 0 Å². The molecule has 0 fully saturated rings. The molecule has 0 heterocycles. The molecule has 1 aromatic rings. The van der Waals surface area contributed by atoms with Crippen LogP contribution in [0.4, 0.5) is 0 Å². The standard InChI is InChI=1S/C14H16O3/c1-16-14(15)12-6-8-13(9-7-12)17-10-11-4-2-3-5-11/h4,6-9H,2-3,5,10H2,1H3. The molecule has 0 atom stereocenters. The van der Waals surface area contributed by atoms with Crippen LogP contribution in [-0.2, 0) is 4.74 Å². The molecule has 0 saturated heterocycles. The molecule has 3 heteroatoms. The monoisotopic (exact) mass is 232 g/mol. The van der Waals surface area contributed by atoms with Crippen molar-refractivity contribution in [3.63, 3.8) is 0 Å². The Balaban J connectivity index is 1.91. The summed E-state index contributed by atoms with van der Waals surface area (Å²) in [5, 5.41) is 0. The molecule has 1 aliphatic carbocycles. The Morgan fingerprint density at radius 1 is 1.29 bits per heavy atom. The highest BCUT2D eigenvalue weighted by Crippen LogP contribution is 2.19. The molecule has 0 saturated carbocycles. The lowest BCUT2D eigenvalue weighted by Crippen LogP contribution is -2.02. The minimum absolute atomic E-state index is 0.324. The minimum Gasteiger partial charge on any atom is -0.489 e. The van der Waals surface area contributed by atoms with Crippen molar-refractivity contribution in [3.8, 4) is 5.75 Å². The van der Waals surface area contributed by atoms with Crippen molar-refractivity contribution in [2.45, 2.75) is 19.3 Å². The van der Waals surface area contributed by atoms with E-state index in [1.54, 1.807) is 24.3 Å². The topological polar surface area (TPSA) is 35.5 Å². The third-order valence-electron chi connectivity index (χ3n) is 2.83. The normalized spacial score (nSPS) is 14.3. The molecule has 0 spiro atoms. The van der Waals surface area contributed by atoms with Gasteiger partial charge in [-0.25, -0.2) is 4.79 Å². The number of benzene rings is 1. The smallest absolute Gasteiger partial charge is 0.337 e. The van der Waals surface area contributed by atoms with E-state index in [2.05, 4.69) is 10.8 Å². The molecule has 1 aromatic carbocycles. The molecular weight excluding hydrogens is 216 g/mol. The summed E-state index contributed by atoms with van der Waals surface area (Å²) in [6.45, 7) is 0.650. The number of carbonyl (C=O) groups is 1. The van der Waals surface area contributed by atoms with Crippen molar-refractivity contribution in [1.29, 1.82) is 0 Å². The SMILES string of the molecule is COC(=O)c1ccc(OCC2=CCCC2)cc1. The Bertz CT molecular complexity index is 418. The fourth-order valence-electron chi connectivity index (χ4n) is 1.85. The van der Waals surface area contributed by atoms with Crippen molar-refractivity contribution >= 4 is 5.97 Å². The summed E-state index contributed by atoms with van der Waals surface area (Å²) in [5.41, 5.74) is 1.90. The largest absolute Gasteiger partial charge is 0.489 e. The maximum absolute atomic E-state index is 11.2. The second-order valence-electron chi connectivity index (χ2n) is 4.06. The third kappa shape index (κ3) is 3.09. The van der Waals surface area contributed by atoms with Crippen molar-refractivity contribution in [2.75, 3.05) is 13.7 Å². The van der Waals surface area contributed by atoms with E-state index in [-0.39, 0.29) is 5.97 Å². The summed E-state index contributed by atoms with van der Waals surface area (Å²) in [5.74, 6) is 0.459. The number of hydrogen-bond donors (Lipinski definition) is 0. The second kappa shape index (κ2) is 5.53. The van der Waals surface area contributed by atoms with Gasteiger partial charge in [-0.05, 0) is 49.1 Å². The van der Waals surface area contributed by atoms with Gasteiger partial charge in [-0.3, -0.25) is 0 Å². The lowest BCUT2D eigenvalue weighted by atomic mass is 10.2. The van der Waals surface area contributed by atoms with E-state index in [1.807, 2.05) is 0 Å². The first-order valence-electron chi connectivity index (χ1n) is 5.78. The molecule has 90 valence electrons. The quantitative estimate of drug-likeness (QED) is 0.591. The van der Waals surface area contributed by atoms with Gasteiger partial charge in [0.2, 0.25) is 0 Å². The zero-order valence-electron chi connectivity index (χ0n) is 9.94. The molecule has 0 amide bonds. The van der Waals surface area contributed by atoms with Crippen molar-refractivity contribution in [3.05, 3.63) is 41.5 Å². The molecule has 17 heavy (non-hydrogen) atoms. The van der Waals surface area contributed by atoms with Gasteiger partial charge in [-0.2, -0.15) is 0 Å². The lowest BCUT2D eigenvalue weighted by molar-refractivity contribution is 0.0600. The Morgan fingerprint density at radius 3 is 2.65 bits per heavy atom. The number of allylic oxidation sites excluding steroid dienone is 1. The Morgan fingerprint density at radius 2 is 2.06 bits per heavy atom. The summed E-state index contributed by atoms with van der Waals surface area (Å²) in [6, 6.07) is 7.01. The summed E-state index contributed by atoms with van der Waals surface area (Å²) in [7, 11) is 1.37. The van der Waals surface area contributed by atoms with E-state index in [9.17, 15) is 4.79 Å². The summed E-state index contributed by atoms with van der Waals surface area (Å²) in [4.78, 5) is 11.2. The maximum Gasteiger partial charge on any atom is 0.337 e. The molecule has 3 nitrogen and oxygen atoms in total. The highest BCUT2D eigenvalue weighted by Gasteiger charge is 2.07. The molecule has 0 N–H and O–H groups in total. The Kier molecular flexibility index (Phi) is 3.81. The molecule has 2 rings (SSSR count). The molecule has 0 aromatic heterocycles. The van der Waals surface area contributed by atoms with Gasteiger partial charge in [0.05, 0.1) is 12.7 Å². The number of rotatable bonds is 4. The second-order valence-corrected chi connectivity index (χ2v) is 4.06. The van der Waals surface area contributed by atoms with Gasteiger partial charge in [0, 0.05) is 0 Å². The highest BCUT2D eigenvalue weighted by atomic mass is 16.5. The van der Waals surface area contributed by atoms with Crippen LogP contribution >= 0.6 is 0 Å². The van der Waals surface area contributed by atoms with Gasteiger partial charge < -0.3 is 9.47 Å². The van der Waals surface area contributed by atoms with Gasteiger partial charge in [0.15, 0.2) is 0 Å².